The van der Waals surface area contributed by atoms with Crippen molar-refractivity contribution in [2.45, 2.75) is 44.1 Å². The molecule has 6 rings (SSSR count). The van der Waals surface area contributed by atoms with Gasteiger partial charge < -0.3 is 4.57 Å². The summed E-state index contributed by atoms with van der Waals surface area (Å²) in [4.78, 5) is 17.2. The number of aryl methyl sites for hydroxylation is 1. The fourth-order valence-corrected chi connectivity index (χ4v) is 4.86. The first-order valence-corrected chi connectivity index (χ1v) is 11.9. The number of pyridine rings is 2. The van der Waals surface area contributed by atoms with Gasteiger partial charge in [-0.15, -0.1) is 0 Å². The highest BCUT2D eigenvalue weighted by molar-refractivity contribution is 5.91. The Morgan fingerprint density at radius 1 is 0.971 bits per heavy atom. The standard InChI is InChI=1S/C28H26FN3O2/c1-31-26-16-23(20-7-2-3-8-24(20)29)28(30-25(26)13-14-27(31)33)21-12-11-19(15-22(21)17-9-10-17)32(34)18-5-4-6-18/h2-3,7-8,11-18,34H,4-6,9-10H2,1H3. The zero-order valence-electron chi connectivity index (χ0n) is 19.0. The third-order valence-corrected chi connectivity index (χ3v) is 7.26. The van der Waals surface area contributed by atoms with Gasteiger partial charge in [-0.2, -0.15) is 0 Å². The molecule has 2 saturated carbocycles. The maximum Gasteiger partial charge on any atom is 0.250 e. The summed E-state index contributed by atoms with van der Waals surface area (Å²) in [5.41, 5.74) is 5.88. The van der Waals surface area contributed by atoms with Crippen molar-refractivity contribution in [2.24, 2.45) is 7.05 Å². The minimum Gasteiger partial charge on any atom is -0.310 e. The lowest BCUT2D eigenvalue weighted by molar-refractivity contribution is 0.171. The molecule has 2 heterocycles. The number of nitrogens with zero attached hydrogens (tertiary/aromatic N) is 3. The molecule has 2 aromatic heterocycles. The molecule has 2 aromatic carbocycles. The second-order valence-corrected chi connectivity index (χ2v) is 9.47. The van der Waals surface area contributed by atoms with Crippen LogP contribution in [0.15, 0.2) is 65.5 Å². The summed E-state index contributed by atoms with van der Waals surface area (Å²) in [5.74, 6) is 0.0674. The number of benzene rings is 2. The number of halogens is 1. The van der Waals surface area contributed by atoms with Crippen molar-refractivity contribution < 1.29 is 9.60 Å². The highest BCUT2D eigenvalue weighted by Gasteiger charge is 2.31. The summed E-state index contributed by atoms with van der Waals surface area (Å²) in [6, 6.07) is 18.0. The quantitative estimate of drug-likeness (QED) is 0.373. The predicted octanol–water partition coefficient (Wildman–Crippen LogP) is 6.03. The first-order valence-electron chi connectivity index (χ1n) is 11.9. The van der Waals surface area contributed by atoms with E-state index >= 15 is 0 Å². The van der Waals surface area contributed by atoms with Gasteiger partial charge in [0.15, 0.2) is 0 Å². The molecular formula is C28H26FN3O2. The van der Waals surface area contributed by atoms with E-state index in [0.29, 0.717) is 33.8 Å². The van der Waals surface area contributed by atoms with Crippen LogP contribution in [-0.4, -0.2) is 20.8 Å². The molecule has 2 aliphatic carbocycles. The molecule has 1 N–H and O–H groups in total. The number of hydrogen-bond acceptors (Lipinski definition) is 4. The van der Waals surface area contributed by atoms with E-state index in [1.165, 1.54) is 17.2 Å². The molecule has 2 fully saturated rings. The number of anilines is 1. The molecule has 5 nitrogen and oxygen atoms in total. The highest BCUT2D eigenvalue weighted by atomic mass is 19.1. The van der Waals surface area contributed by atoms with Gasteiger partial charge in [0.05, 0.1) is 28.5 Å². The Morgan fingerprint density at radius 3 is 2.47 bits per heavy atom. The molecule has 172 valence electrons. The van der Waals surface area contributed by atoms with Gasteiger partial charge in [0.25, 0.3) is 5.56 Å². The minimum atomic E-state index is -0.332. The molecule has 34 heavy (non-hydrogen) atoms. The average Bonchev–Trinajstić information content (AvgIpc) is 3.65. The second kappa shape index (κ2) is 8.06. The molecule has 0 amide bonds. The maximum atomic E-state index is 15.0. The molecule has 4 aromatic rings. The van der Waals surface area contributed by atoms with Gasteiger partial charge in [0, 0.05) is 29.8 Å². The summed E-state index contributed by atoms with van der Waals surface area (Å²) in [6.07, 6.45) is 5.31. The fraction of sp³-hybridized carbons (Fsp3) is 0.286. The molecule has 0 radical (unpaired) electrons. The van der Waals surface area contributed by atoms with Gasteiger partial charge in [0.2, 0.25) is 0 Å². The van der Waals surface area contributed by atoms with Crippen LogP contribution in [0.25, 0.3) is 33.4 Å². The lowest BCUT2D eigenvalue weighted by Crippen LogP contribution is -2.37. The van der Waals surface area contributed by atoms with Gasteiger partial charge >= 0.3 is 0 Å². The smallest absolute Gasteiger partial charge is 0.250 e. The summed E-state index contributed by atoms with van der Waals surface area (Å²) >= 11 is 0. The monoisotopic (exact) mass is 455 g/mol. The van der Waals surface area contributed by atoms with Crippen LogP contribution < -0.4 is 10.6 Å². The maximum absolute atomic E-state index is 15.0. The van der Waals surface area contributed by atoms with E-state index in [0.717, 1.165) is 48.9 Å². The lowest BCUT2D eigenvalue weighted by atomic mass is 9.91. The lowest BCUT2D eigenvalue weighted by Gasteiger charge is -2.34. The van der Waals surface area contributed by atoms with Crippen molar-refractivity contribution >= 4 is 16.7 Å². The first-order chi connectivity index (χ1) is 16.5. The largest absolute Gasteiger partial charge is 0.310 e. The van der Waals surface area contributed by atoms with Gasteiger partial charge in [-0.1, -0.05) is 24.3 Å². The van der Waals surface area contributed by atoms with Crippen molar-refractivity contribution in [3.8, 4) is 22.4 Å². The van der Waals surface area contributed by atoms with Crippen LogP contribution >= 0.6 is 0 Å². The Kier molecular flexibility index (Phi) is 4.99. The Bertz CT molecular complexity index is 1470. The normalized spacial score (nSPS) is 16.0. The average molecular weight is 456 g/mol. The Hall–Kier alpha value is -3.51. The summed E-state index contributed by atoms with van der Waals surface area (Å²) in [7, 11) is 1.71. The van der Waals surface area contributed by atoms with Gasteiger partial charge in [0.1, 0.15) is 5.82 Å². The molecule has 0 spiro atoms. The van der Waals surface area contributed by atoms with E-state index in [4.69, 9.17) is 4.98 Å². The predicted molar refractivity (Wildman–Crippen MR) is 132 cm³/mol. The Balaban J connectivity index is 1.59. The fourth-order valence-electron chi connectivity index (χ4n) is 4.86. The second-order valence-electron chi connectivity index (χ2n) is 9.47. The number of hydroxylamine groups is 1. The Morgan fingerprint density at radius 2 is 1.76 bits per heavy atom. The SMILES string of the molecule is Cn1c(=O)ccc2nc(-c3ccc(N(O)C4CCC4)cc3C3CC3)c(-c3ccccc3F)cc21. The summed E-state index contributed by atoms with van der Waals surface area (Å²) in [6.45, 7) is 0. The highest BCUT2D eigenvalue weighted by Crippen LogP contribution is 2.47. The third-order valence-electron chi connectivity index (χ3n) is 7.26. The van der Waals surface area contributed by atoms with Crippen LogP contribution in [0, 0.1) is 5.82 Å². The van der Waals surface area contributed by atoms with Crippen LogP contribution in [-0.2, 0) is 7.05 Å². The van der Waals surface area contributed by atoms with Gasteiger partial charge in [-0.05, 0) is 73.9 Å². The van der Waals surface area contributed by atoms with Crippen molar-refractivity contribution in [2.75, 3.05) is 5.06 Å². The molecule has 0 unspecified atom stereocenters. The van der Waals surface area contributed by atoms with E-state index < -0.39 is 0 Å². The molecule has 0 atom stereocenters. The molecule has 0 saturated heterocycles. The molecular weight excluding hydrogens is 429 g/mol. The van der Waals surface area contributed by atoms with E-state index in [9.17, 15) is 14.4 Å². The first kappa shape index (κ1) is 21.1. The molecule has 2 aliphatic rings. The Labute approximate surface area is 197 Å². The number of rotatable bonds is 5. The molecule has 6 heteroatoms. The van der Waals surface area contributed by atoms with E-state index in [1.807, 2.05) is 24.3 Å². The van der Waals surface area contributed by atoms with Crippen LogP contribution in [0.2, 0.25) is 0 Å². The van der Waals surface area contributed by atoms with Crippen molar-refractivity contribution in [3.63, 3.8) is 0 Å². The van der Waals surface area contributed by atoms with E-state index in [1.54, 1.807) is 29.8 Å². The van der Waals surface area contributed by atoms with Crippen molar-refractivity contribution in [3.05, 3.63) is 82.4 Å². The van der Waals surface area contributed by atoms with Gasteiger partial charge in [-0.3, -0.25) is 15.1 Å². The molecule has 0 aliphatic heterocycles. The topological polar surface area (TPSA) is 58.4 Å². The van der Waals surface area contributed by atoms with Gasteiger partial charge in [-0.25, -0.2) is 9.37 Å². The number of aromatic nitrogens is 2. The summed E-state index contributed by atoms with van der Waals surface area (Å²) < 4.78 is 16.5. The number of hydrogen-bond donors (Lipinski definition) is 1. The van der Waals surface area contributed by atoms with E-state index in [2.05, 4.69) is 6.07 Å². The zero-order chi connectivity index (χ0) is 23.4. The van der Waals surface area contributed by atoms with Crippen LogP contribution in [0.3, 0.4) is 0 Å². The van der Waals surface area contributed by atoms with Crippen molar-refractivity contribution in [1.82, 2.24) is 9.55 Å². The number of fused-ring (bicyclic) bond motifs is 1. The van der Waals surface area contributed by atoms with Crippen LogP contribution in [0.1, 0.15) is 43.6 Å². The van der Waals surface area contributed by atoms with Crippen LogP contribution in [0.4, 0.5) is 10.1 Å². The molecule has 0 bridgehead atoms. The zero-order valence-corrected chi connectivity index (χ0v) is 19.0. The third kappa shape index (κ3) is 3.49. The summed E-state index contributed by atoms with van der Waals surface area (Å²) in [5, 5.41) is 12.1. The van der Waals surface area contributed by atoms with Crippen molar-refractivity contribution in [1.29, 1.82) is 0 Å². The van der Waals surface area contributed by atoms with Crippen LogP contribution in [0.5, 0.6) is 0 Å². The van der Waals surface area contributed by atoms with E-state index in [-0.39, 0.29) is 17.4 Å². The minimum absolute atomic E-state index is 0.136.